The summed E-state index contributed by atoms with van der Waals surface area (Å²) in [5, 5.41) is 12.2. The van der Waals surface area contributed by atoms with Crippen molar-refractivity contribution in [3.8, 4) is 0 Å². The Labute approximate surface area is 99.6 Å². The van der Waals surface area contributed by atoms with Gasteiger partial charge in [-0.3, -0.25) is 4.98 Å². The molecular formula is C13H15NOS. The highest BCUT2D eigenvalue weighted by Gasteiger charge is 2.10. The molecule has 0 saturated heterocycles. The van der Waals surface area contributed by atoms with Crippen LogP contribution in [0.3, 0.4) is 0 Å². The van der Waals surface area contributed by atoms with Crippen molar-refractivity contribution in [3.63, 3.8) is 0 Å². The van der Waals surface area contributed by atoms with Crippen molar-refractivity contribution in [1.29, 1.82) is 0 Å². The number of aliphatic hydroxyl groups excluding tert-OH is 1. The lowest BCUT2D eigenvalue weighted by Gasteiger charge is -2.11. The summed E-state index contributed by atoms with van der Waals surface area (Å²) in [6, 6.07) is 7.96. The first-order valence-electron chi connectivity index (χ1n) is 5.31. The molecule has 2 nitrogen and oxygen atoms in total. The number of hydrogen-bond donors (Lipinski definition) is 1. The van der Waals surface area contributed by atoms with Crippen LogP contribution in [0.25, 0.3) is 0 Å². The first-order chi connectivity index (χ1) is 7.65. The van der Waals surface area contributed by atoms with E-state index >= 15 is 0 Å². The molecule has 0 fully saturated rings. The molecule has 0 saturated carbocycles. The number of rotatable bonds is 3. The van der Waals surface area contributed by atoms with Crippen LogP contribution < -0.4 is 0 Å². The molecule has 0 aliphatic carbocycles. The zero-order valence-corrected chi connectivity index (χ0v) is 10.3. The van der Waals surface area contributed by atoms with E-state index in [4.69, 9.17) is 0 Å². The molecule has 0 aromatic carbocycles. The molecule has 2 aromatic rings. The summed E-state index contributed by atoms with van der Waals surface area (Å²) in [6.45, 7) is 3.91. The lowest BCUT2D eigenvalue weighted by Crippen LogP contribution is -2.02. The first-order valence-corrected chi connectivity index (χ1v) is 6.19. The monoisotopic (exact) mass is 233 g/mol. The van der Waals surface area contributed by atoms with Gasteiger partial charge < -0.3 is 5.11 Å². The third-order valence-electron chi connectivity index (χ3n) is 2.46. The second-order valence-corrected chi connectivity index (χ2v) is 5.01. The van der Waals surface area contributed by atoms with Crippen LogP contribution in [0.2, 0.25) is 0 Å². The molecule has 0 aliphatic rings. The summed E-state index contributed by atoms with van der Waals surface area (Å²) in [7, 11) is 0. The Morgan fingerprint density at radius 2 is 2.00 bits per heavy atom. The zero-order valence-electron chi connectivity index (χ0n) is 9.47. The second kappa shape index (κ2) is 4.76. The van der Waals surface area contributed by atoms with Gasteiger partial charge >= 0.3 is 0 Å². The molecule has 2 heterocycles. The third kappa shape index (κ3) is 2.68. The van der Waals surface area contributed by atoms with E-state index < -0.39 is 6.10 Å². The van der Waals surface area contributed by atoms with E-state index in [-0.39, 0.29) is 0 Å². The van der Waals surface area contributed by atoms with Crippen molar-refractivity contribution in [1.82, 2.24) is 4.98 Å². The molecule has 0 aliphatic heterocycles. The second-order valence-electron chi connectivity index (χ2n) is 3.98. The predicted molar refractivity (Wildman–Crippen MR) is 66.7 cm³/mol. The van der Waals surface area contributed by atoms with Gasteiger partial charge in [0.25, 0.3) is 0 Å². The van der Waals surface area contributed by atoms with Gasteiger partial charge in [-0.1, -0.05) is 6.07 Å². The number of nitrogens with zero attached hydrogens (tertiary/aromatic N) is 1. The Balaban J connectivity index is 2.17. The van der Waals surface area contributed by atoms with Crippen LogP contribution >= 0.6 is 11.3 Å². The van der Waals surface area contributed by atoms with Gasteiger partial charge in [0.15, 0.2) is 0 Å². The summed E-state index contributed by atoms with van der Waals surface area (Å²) in [5.41, 5.74) is 2.87. The number of thiophene rings is 1. The van der Waals surface area contributed by atoms with E-state index in [0.29, 0.717) is 6.42 Å². The van der Waals surface area contributed by atoms with E-state index in [1.165, 1.54) is 4.88 Å². The molecule has 0 amide bonds. The molecule has 16 heavy (non-hydrogen) atoms. The van der Waals surface area contributed by atoms with Gasteiger partial charge in [0.1, 0.15) is 0 Å². The van der Waals surface area contributed by atoms with Crippen LogP contribution in [-0.4, -0.2) is 10.1 Å². The van der Waals surface area contributed by atoms with Gasteiger partial charge in [-0.05, 0) is 43.0 Å². The van der Waals surface area contributed by atoms with Crippen molar-refractivity contribution in [2.75, 3.05) is 0 Å². The van der Waals surface area contributed by atoms with Gasteiger partial charge in [-0.2, -0.15) is 0 Å². The predicted octanol–water partition coefficient (Wildman–Crippen LogP) is 3.04. The molecule has 1 N–H and O–H groups in total. The summed E-state index contributed by atoms with van der Waals surface area (Å²) < 4.78 is 0. The lowest BCUT2D eigenvalue weighted by atomic mass is 10.1. The van der Waals surface area contributed by atoms with Gasteiger partial charge in [0, 0.05) is 22.7 Å². The fourth-order valence-electron chi connectivity index (χ4n) is 1.80. The topological polar surface area (TPSA) is 33.1 Å². The van der Waals surface area contributed by atoms with E-state index in [2.05, 4.69) is 11.1 Å². The van der Waals surface area contributed by atoms with Crippen molar-refractivity contribution in [2.45, 2.75) is 26.4 Å². The van der Waals surface area contributed by atoms with E-state index in [1.807, 2.05) is 37.4 Å². The maximum atomic E-state index is 10.1. The highest BCUT2D eigenvalue weighted by atomic mass is 32.1. The molecule has 0 radical (unpaired) electrons. The van der Waals surface area contributed by atoms with E-state index in [9.17, 15) is 5.11 Å². The Hall–Kier alpha value is -1.19. The molecule has 0 bridgehead atoms. The van der Waals surface area contributed by atoms with Crippen molar-refractivity contribution in [2.24, 2.45) is 0 Å². The van der Waals surface area contributed by atoms with Crippen molar-refractivity contribution >= 4 is 11.3 Å². The summed E-state index contributed by atoms with van der Waals surface area (Å²) in [5.74, 6) is 0. The molecule has 0 spiro atoms. The summed E-state index contributed by atoms with van der Waals surface area (Å²) in [4.78, 5) is 5.51. The zero-order chi connectivity index (χ0) is 11.5. The van der Waals surface area contributed by atoms with Crippen LogP contribution in [0.15, 0.2) is 29.6 Å². The molecule has 2 rings (SSSR count). The fraction of sp³-hybridized carbons (Fsp3) is 0.308. The summed E-state index contributed by atoms with van der Waals surface area (Å²) in [6.07, 6.45) is 0.250. The van der Waals surface area contributed by atoms with Crippen molar-refractivity contribution < 1.29 is 5.11 Å². The van der Waals surface area contributed by atoms with E-state index in [0.717, 1.165) is 17.0 Å². The Morgan fingerprint density at radius 3 is 2.56 bits per heavy atom. The smallest absolute Gasteiger partial charge is 0.0839 e. The van der Waals surface area contributed by atoms with Crippen LogP contribution in [0.4, 0.5) is 0 Å². The number of pyridine rings is 1. The van der Waals surface area contributed by atoms with Crippen molar-refractivity contribution in [3.05, 3.63) is 51.5 Å². The summed E-state index contributed by atoms with van der Waals surface area (Å²) >= 11 is 1.68. The van der Waals surface area contributed by atoms with Crippen LogP contribution in [0.5, 0.6) is 0 Å². The fourth-order valence-corrected chi connectivity index (χ4v) is 2.54. The van der Waals surface area contributed by atoms with E-state index in [1.54, 1.807) is 11.3 Å². The molecule has 1 unspecified atom stereocenters. The quantitative estimate of drug-likeness (QED) is 0.884. The number of aliphatic hydroxyl groups is 1. The van der Waals surface area contributed by atoms with Gasteiger partial charge in [0.05, 0.1) is 6.10 Å². The molecule has 3 heteroatoms. The standard InChI is InChI=1S/C13H15NOS/c1-9-6-11(7-10(2)14-9)13(15)8-12-4-3-5-16-12/h3-7,13,15H,8H2,1-2H3. The van der Waals surface area contributed by atoms with Crippen LogP contribution in [-0.2, 0) is 6.42 Å². The average molecular weight is 233 g/mol. The Kier molecular flexibility index (Phi) is 3.36. The maximum absolute atomic E-state index is 10.1. The highest BCUT2D eigenvalue weighted by molar-refractivity contribution is 7.09. The lowest BCUT2D eigenvalue weighted by molar-refractivity contribution is 0.179. The van der Waals surface area contributed by atoms with Gasteiger partial charge in [-0.25, -0.2) is 0 Å². The SMILES string of the molecule is Cc1cc(C(O)Cc2cccs2)cc(C)n1. The van der Waals surface area contributed by atoms with Crippen LogP contribution in [0, 0.1) is 13.8 Å². The van der Waals surface area contributed by atoms with Gasteiger partial charge in [0.2, 0.25) is 0 Å². The minimum atomic E-state index is -0.431. The molecular weight excluding hydrogens is 218 g/mol. The Bertz CT molecular complexity index is 445. The minimum absolute atomic E-state index is 0.431. The molecule has 2 aromatic heterocycles. The highest BCUT2D eigenvalue weighted by Crippen LogP contribution is 2.21. The Morgan fingerprint density at radius 1 is 1.31 bits per heavy atom. The molecule has 1 atom stereocenters. The number of aromatic nitrogens is 1. The number of hydrogen-bond acceptors (Lipinski definition) is 3. The first kappa shape index (κ1) is 11.3. The number of aryl methyl sites for hydroxylation is 2. The maximum Gasteiger partial charge on any atom is 0.0839 e. The van der Waals surface area contributed by atoms with Gasteiger partial charge in [-0.15, -0.1) is 11.3 Å². The normalized spacial score (nSPS) is 12.7. The average Bonchev–Trinajstić information content (AvgIpc) is 2.68. The largest absolute Gasteiger partial charge is 0.388 e. The molecule has 84 valence electrons. The third-order valence-corrected chi connectivity index (χ3v) is 3.36. The minimum Gasteiger partial charge on any atom is -0.388 e. The van der Waals surface area contributed by atoms with Crippen LogP contribution in [0.1, 0.15) is 27.9 Å².